The van der Waals surface area contributed by atoms with Gasteiger partial charge in [0.05, 0.1) is 13.5 Å². The molecule has 0 saturated heterocycles. The topological polar surface area (TPSA) is 111 Å². The second-order valence-corrected chi connectivity index (χ2v) is 6.05. The van der Waals surface area contributed by atoms with Crippen LogP contribution in [0.25, 0.3) is 6.08 Å². The van der Waals surface area contributed by atoms with Crippen molar-refractivity contribution in [3.63, 3.8) is 0 Å². The molecule has 0 bridgehead atoms. The van der Waals surface area contributed by atoms with Gasteiger partial charge in [-0.3, -0.25) is 24.5 Å². The Morgan fingerprint density at radius 2 is 1.67 bits per heavy atom. The third kappa shape index (κ3) is 7.97. The highest BCUT2D eigenvalue weighted by Gasteiger charge is 2.12. The molecule has 8 nitrogen and oxygen atoms in total. The van der Waals surface area contributed by atoms with Crippen molar-refractivity contribution in [3.05, 3.63) is 71.8 Å². The molecule has 0 aliphatic carbocycles. The molecular weight excluding hydrogens is 388 g/mol. The maximum absolute atomic E-state index is 11.8. The van der Waals surface area contributed by atoms with E-state index in [9.17, 15) is 19.2 Å². The minimum atomic E-state index is -0.733. The molecule has 0 atom stereocenters. The fourth-order valence-electron chi connectivity index (χ4n) is 2.28. The standard InChI is InChI=1S/C22H22N2O6/c1-29-18-10-7-16(8-11-18)9-12-19(25)23-14-13-21(27)30-15-20(26)24-22(28)17-5-3-2-4-6-17/h2-12H,13-15H2,1H3,(H,23,25)(H,24,26,28)/b12-9+. The van der Waals surface area contributed by atoms with Gasteiger partial charge in [-0.25, -0.2) is 0 Å². The van der Waals surface area contributed by atoms with Crippen LogP contribution in [-0.2, 0) is 19.1 Å². The first-order valence-corrected chi connectivity index (χ1v) is 9.13. The molecule has 0 aliphatic heterocycles. The lowest BCUT2D eigenvalue weighted by Crippen LogP contribution is -2.34. The van der Waals surface area contributed by atoms with Crippen LogP contribution in [0.15, 0.2) is 60.7 Å². The van der Waals surface area contributed by atoms with Gasteiger partial charge in [-0.1, -0.05) is 30.3 Å². The van der Waals surface area contributed by atoms with Gasteiger partial charge < -0.3 is 14.8 Å². The molecule has 30 heavy (non-hydrogen) atoms. The molecule has 156 valence electrons. The van der Waals surface area contributed by atoms with Crippen molar-refractivity contribution in [1.82, 2.24) is 10.6 Å². The Labute approximate surface area is 173 Å². The van der Waals surface area contributed by atoms with E-state index in [2.05, 4.69) is 10.6 Å². The van der Waals surface area contributed by atoms with E-state index in [-0.39, 0.29) is 18.9 Å². The first-order chi connectivity index (χ1) is 14.5. The van der Waals surface area contributed by atoms with Crippen LogP contribution < -0.4 is 15.4 Å². The second-order valence-electron chi connectivity index (χ2n) is 6.05. The van der Waals surface area contributed by atoms with E-state index in [1.807, 2.05) is 0 Å². The minimum absolute atomic E-state index is 0.0508. The second kappa shape index (κ2) is 11.8. The van der Waals surface area contributed by atoms with E-state index in [0.717, 1.165) is 5.56 Å². The van der Waals surface area contributed by atoms with Gasteiger partial charge in [-0.15, -0.1) is 0 Å². The lowest BCUT2D eigenvalue weighted by molar-refractivity contribution is -0.148. The van der Waals surface area contributed by atoms with Crippen LogP contribution in [0.5, 0.6) is 5.75 Å². The van der Waals surface area contributed by atoms with Crippen molar-refractivity contribution in [2.45, 2.75) is 6.42 Å². The Balaban J connectivity index is 1.63. The Kier molecular flexibility index (Phi) is 8.79. The number of benzene rings is 2. The predicted molar refractivity (Wildman–Crippen MR) is 110 cm³/mol. The highest BCUT2D eigenvalue weighted by molar-refractivity contribution is 6.05. The number of hydrogen-bond acceptors (Lipinski definition) is 6. The predicted octanol–water partition coefficient (Wildman–Crippen LogP) is 1.71. The van der Waals surface area contributed by atoms with E-state index >= 15 is 0 Å². The zero-order chi connectivity index (χ0) is 21.8. The summed E-state index contributed by atoms with van der Waals surface area (Å²) in [5.41, 5.74) is 1.14. The lowest BCUT2D eigenvalue weighted by atomic mass is 10.2. The summed E-state index contributed by atoms with van der Waals surface area (Å²) in [5.74, 6) is -1.63. The number of imide groups is 1. The van der Waals surface area contributed by atoms with Crippen LogP contribution in [0.4, 0.5) is 0 Å². The third-order valence-electron chi connectivity index (χ3n) is 3.82. The van der Waals surface area contributed by atoms with Crippen LogP contribution in [0.3, 0.4) is 0 Å². The van der Waals surface area contributed by atoms with Gasteiger partial charge in [-0.05, 0) is 35.9 Å². The minimum Gasteiger partial charge on any atom is -0.497 e. The molecule has 0 aliphatic rings. The maximum Gasteiger partial charge on any atom is 0.308 e. The summed E-state index contributed by atoms with van der Waals surface area (Å²) < 4.78 is 9.84. The van der Waals surface area contributed by atoms with Crippen LogP contribution in [0.1, 0.15) is 22.3 Å². The van der Waals surface area contributed by atoms with Gasteiger partial charge in [-0.2, -0.15) is 0 Å². The van der Waals surface area contributed by atoms with Crippen molar-refractivity contribution in [3.8, 4) is 5.75 Å². The van der Waals surface area contributed by atoms with E-state index in [1.54, 1.807) is 67.8 Å². The van der Waals surface area contributed by atoms with Crippen molar-refractivity contribution in [1.29, 1.82) is 0 Å². The molecule has 0 saturated carbocycles. The van der Waals surface area contributed by atoms with Gasteiger partial charge in [0.25, 0.3) is 11.8 Å². The molecule has 2 N–H and O–H groups in total. The number of nitrogens with one attached hydrogen (secondary N) is 2. The highest BCUT2D eigenvalue weighted by atomic mass is 16.5. The molecule has 0 aromatic heterocycles. The average molecular weight is 410 g/mol. The molecule has 2 aromatic carbocycles. The molecule has 0 spiro atoms. The number of carbonyl (C=O) groups is 4. The third-order valence-corrected chi connectivity index (χ3v) is 3.82. The number of rotatable bonds is 9. The first kappa shape index (κ1) is 22.4. The number of carbonyl (C=O) groups excluding carboxylic acids is 4. The van der Waals surface area contributed by atoms with Crippen LogP contribution >= 0.6 is 0 Å². The summed E-state index contributed by atoms with van der Waals surface area (Å²) >= 11 is 0. The summed E-state index contributed by atoms with van der Waals surface area (Å²) in [6, 6.07) is 15.3. The van der Waals surface area contributed by atoms with Crippen LogP contribution in [0, 0.1) is 0 Å². The van der Waals surface area contributed by atoms with Gasteiger partial charge in [0.15, 0.2) is 6.61 Å². The molecule has 0 fully saturated rings. The molecule has 2 rings (SSSR count). The summed E-state index contributed by atoms with van der Waals surface area (Å²) in [4.78, 5) is 46.9. The molecule has 0 heterocycles. The van der Waals surface area contributed by atoms with Crippen molar-refractivity contribution >= 4 is 29.8 Å². The van der Waals surface area contributed by atoms with E-state index < -0.39 is 24.4 Å². The molecule has 0 radical (unpaired) electrons. The Morgan fingerprint density at radius 3 is 2.33 bits per heavy atom. The smallest absolute Gasteiger partial charge is 0.308 e. The molecule has 2 aromatic rings. The molecule has 0 unspecified atom stereocenters. The first-order valence-electron chi connectivity index (χ1n) is 9.13. The molecule has 3 amide bonds. The van der Waals surface area contributed by atoms with E-state index in [0.29, 0.717) is 11.3 Å². The van der Waals surface area contributed by atoms with E-state index in [1.165, 1.54) is 6.08 Å². The largest absolute Gasteiger partial charge is 0.497 e. The van der Waals surface area contributed by atoms with Gasteiger partial charge in [0.1, 0.15) is 5.75 Å². The van der Waals surface area contributed by atoms with Gasteiger partial charge in [0.2, 0.25) is 5.91 Å². The summed E-state index contributed by atoms with van der Waals surface area (Å²) in [7, 11) is 1.57. The quantitative estimate of drug-likeness (QED) is 0.481. The number of esters is 1. The van der Waals surface area contributed by atoms with Crippen molar-refractivity contribution < 1.29 is 28.7 Å². The van der Waals surface area contributed by atoms with Gasteiger partial charge in [0, 0.05) is 18.2 Å². The average Bonchev–Trinajstić information content (AvgIpc) is 2.77. The Bertz CT molecular complexity index is 907. The number of methoxy groups -OCH3 is 1. The Hall–Kier alpha value is -3.94. The number of hydrogen-bond donors (Lipinski definition) is 2. The summed E-state index contributed by atoms with van der Waals surface area (Å²) in [5, 5.41) is 4.67. The highest BCUT2D eigenvalue weighted by Crippen LogP contribution is 2.12. The van der Waals surface area contributed by atoms with Crippen LogP contribution in [-0.4, -0.2) is 44.0 Å². The van der Waals surface area contributed by atoms with Gasteiger partial charge >= 0.3 is 5.97 Å². The SMILES string of the molecule is COc1ccc(/C=C/C(=O)NCCC(=O)OCC(=O)NC(=O)c2ccccc2)cc1. The van der Waals surface area contributed by atoms with Crippen LogP contribution in [0.2, 0.25) is 0 Å². The summed E-state index contributed by atoms with van der Waals surface area (Å²) in [6.45, 7) is -0.530. The lowest BCUT2D eigenvalue weighted by Gasteiger charge is -2.06. The summed E-state index contributed by atoms with van der Waals surface area (Å²) in [6.07, 6.45) is 2.86. The normalized spacial score (nSPS) is 10.3. The van der Waals surface area contributed by atoms with Crippen molar-refractivity contribution in [2.24, 2.45) is 0 Å². The fourth-order valence-corrected chi connectivity index (χ4v) is 2.28. The number of ether oxygens (including phenoxy) is 2. The zero-order valence-corrected chi connectivity index (χ0v) is 16.4. The monoisotopic (exact) mass is 410 g/mol. The maximum atomic E-state index is 11.8. The van der Waals surface area contributed by atoms with Crippen molar-refractivity contribution in [2.75, 3.05) is 20.3 Å². The molecular formula is C22H22N2O6. The Morgan fingerprint density at radius 1 is 0.967 bits per heavy atom. The zero-order valence-electron chi connectivity index (χ0n) is 16.4. The fraction of sp³-hybridized carbons (Fsp3) is 0.182. The molecule has 8 heteroatoms. The van der Waals surface area contributed by atoms with E-state index in [4.69, 9.17) is 9.47 Å². The number of amides is 3.